The molecule has 0 aliphatic carbocycles. The topological polar surface area (TPSA) is 42.2 Å². The standard InChI is InChI=1S/C16H18N4/c1-12-8-15(20-16(9-12)18-11-19-20)17-10-13(2)14-6-4-3-5-7-14/h3-9,11,13,17H,10H2,1-2H3. The summed E-state index contributed by atoms with van der Waals surface area (Å²) in [6.45, 7) is 5.15. The molecule has 1 unspecified atom stereocenters. The number of benzene rings is 1. The molecule has 2 aromatic heterocycles. The molecule has 2 heterocycles. The highest BCUT2D eigenvalue weighted by molar-refractivity contribution is 5.51. The van der Waals surface area contributed by atoms with Gasteiger partial charge in [-0.15, -0.1) is 0 Å². The molecule has 4 nitrogen and oxygen atoms in total. The monoisotopic (exact) mass is 266 g/mol. The maximum absolute atomic E-state index is 4.25. The van der Waals surface area contributed by atoms with E-state index in [1.54, 1.807) is 6.33 Å². The highest BCUT2D eigenvalue weighted by Crippen LogP contribution is 2.17. The van der Waals surface area contributed by atoms with Crippen LogP contribution < -0.4 is 5.32 Å². The first-order valence-corrected chi connectivity index (χ1v) is 6.83. The molecule has 0 saturated carbocycles. The zero-order valence-electron chi connectivity index (χ0n) is 11.7. The van der Waals surface area contributed by atoms with E-state index in [1.807, 2.05) is 16.6 Å². The third kappa shape index (κ3) is 2.50. The molecule has 3 aromatic rings. The van der Waals surface area contributed by atoms with Crippen LogP contribution in [0.4, 0.5) is 5.82 Å². The van der Waals surface area contributed by atoms with Gasteiger partial charge in [0.1, 0.15) is 12.1 Å². The van der Waals surface area contributed by atoms with E-state index < -0.39 is 0 Å². The maximum Gasteiger partial charge on any atom is 0.157 e. The molecule has 1 N–H and O–H groups in total. The Morgan fingerprint density at radius 3 is 2.80 bits per heavy atom. The van der Waals surface area contributed by atoms with Crippen molar-refractivity contribution in [2.24, 2.45) is 0 Å². The van der Waals surface area contributed by atoms with Crippen molar-refractivity contribution in [2.45, 2.75) is 19.8 Å². The normalized spacial score (nSPS) is 12.5. The van der Waals surface area contributed by atoms with Gasteiger partial charge in [-0.3, -0.25) is 0 Å². The Hall–Kier alpha value is -2.36. The number of aryl methyl sites for hydroxylation is 1. The van der Waals surface area contributed by atoms with E-state index in [9.17, 15) is 0 Å². The Kier molecular flexibility index (Phi) is 3.37. The molecular formula is C16H18N4. The van der Waals surface area contributed by atoms with Gasteiger partial charge in [0.15, 0.2) is 5.65 Å². The van der Waals surface area contributed by atoms with Crippen LogP contribution in [-0.4, -0.2) is 21.1 Å². The minimum absolute atomic E-state index is 0.440. The van der Waals surface area contributed by atoms with Crippen LogP contribution in [0.3, 0.4) is 0 Å². The quantitative estimate of drug-likeness (QED) is 0.788. The molecule has 3 rings (SSSR count). The zero-order valence-corrected chi connectivity index (χ0v) is 11.7. The molecule has 102 valence electrons. The van der Waals surface area contributed by atoms with Gasteiger partial charge < -0.3 is 5.32 Å². The first kappa shape index (κ1) is 12.7. The molecule has 1 atom stereocenters. The highest BCUT2D eigenvalue weighted by atomic mass is 15.3. The Morgan fingerprint density at radius 2 is 2.00 bits per heavy atom. The zero-order chi connectivity index (χ0) is 13.9. The third-order valence-electron chi connectivity index (χ3n) is 3.48. The van der Waals surface area contributed by atoms with E-state index in [4.69, 9.17) is 0 Å². The molecular weight excluding hydrogens is 248 g/mol. The molecule has 0 fully saturated rings. The van der Waals surface area contributed by atoms with Gasteiger partial charge in [-0.05, 0) is 36.1 Å². The van der Waals surface area contributed by atoms with Crippen molar-refractivity contribution in [1.29, 1.82) is 0 Å². The summed E-state index contributed by atoms with van der Waals surface area (Å²) in [6.07, 6.45) is 1.58. The fourth-order valence-corrected chi connectivity index (χ4v) is 2.34. The minimum Gasteiger partial charge on any atom is -0.369 e. The van der Waals surface area contributed by atoms with E-state index in [-0.39, 0.29) is 0 Å². The summed E-state index contributed by atoms with van der Waals surface area (Å²) in [5, 5.41) is 7.73. The van der Waals surface area contributed by atoms with Gasteiger partial charge in [-0.2, -0.15) is 9.61 Å². The van der Waals surface area contributed by atoms with Crippen LogP contribution in [0.5, 0.6) is 0 Å². The van der Waals surface area contributed by atoms with Crippen LogP contribution in [0.15, 0.2) is 48.8 Å². The van der Waals surface area contributed by atoms with Crippen LogP contribution in [0.1, 0.15) is 24.0 Å². The maximum atomic E-state index is 4.25. The Labute approximate surface area is 118 Å². The lowest BCUT2D eigenvalue weighted by Crippen LogP contribution is -2.12. The summed E-state index contributed by atoms with van der Waals surface area (Å²) in [5.74, 6) is 1.43. The van der Waals surface area contributed by atoms with Crippen LogP contribution in [0, 0.1) is 6.92 Å². The summed E-state index contributed by atoms with van der Waals surface area (Å²) in [6, 6.07) is 14.6. The van der Waals surface area contributed by atoms with Gasteiger partial charge >= 0.3 is 0 Å². The smallest absolute Gasteiger partial charge is 0.157 e. The molecule has 0 radical (unpaired) electrons. The van der Waals surface area contributed by atoms with E-state index in [0.29, 0.717) is 5.92 Å². The van der Waals surface area contributed by atoms with Crippen molar-refractivity contribution in [3.63, 3.8) is 0 Å². The Balaban J connectivity index is 1.78. The fourth-order valence-electron chi connectivity index (χ4n) is 2.34. The predicted molar refractivity (Wildman–Crippen MR) is 81.1 cm³/mol. The molecule has 0 bridgehead atoms. The van der Waals surface area contributed by atoms with Gasteiger partial charge in [-0.25, -0.2) is 4.98 Å². The van der Waals surface area contributed by atoms with Crippen LogP contribution in [0.2, 0.25) is 0 Å². The van der Waals surface area contributed by atoms with Crippen molar-refractivity contribution in [1.82, 2.24) is 14.6 Å². The number of nitrogens with zero attached hydrogens (tertiary/aromatic N) is 3. The minimum atomic E-state index is 0.440. The van der Waals surface area contributed by atoms with Crippen LogP contribution >= 0.6 is 0 Å². The molecule has 0 aliphatic heterocycles. The van der Waals surface area contributed by atoms with Gasteiger partial charge in [-0.1, -0.05) is 37.3 Å². The summed E-state index contributed by atoms with van der Waals surface area (Å²) in [5.41, 5.74) is 3.39. The molecule has 0 aliphatic rings. The van der Waals surface area contributed by atoms with Crippen molar-refractivity contribution in [3.05, 3.63) is 59.9 Å². The number of hydrogen-bond acceptors (Lipinski definition) is 3. The second kappa shape index (κ2) is 5.33. The SMILES string of the molecule is Cc1cc(NCC(C)c2ccccc2)n2ncnc2c1. The Bertz CT molecular complexity index is 703. The van der Waals surface area contributed by atoms with Crippen molar-refractivity contribution < 1.29 is 0 Å². The first-order chi connectivity index (χ1) is 9.74. The van der Waals surface area contributed by atoms with Gasteiger partial charge in [0.25, 0.3) is 0 Å². The average molecular weight is 266 g/mol. The first-order valence-electron chi connectivity index (χ1n) is 6.83. The van der Waals surface area contributed by atoms with E-state index in [1.165, 1.54) is 11.1 Å². The average Bonchev–Trinajstić information content (AvgIpc) is 2.93. The number of aromatic nitrogens is 3. The lowest BCUT2D eigenvalue weighted by Gasteiger charge is -2.15. The molecule has 4 heteroatoms. The van der Waals surface area contributed by atoms with Gasteiger partial charge in [0.2, 0.25) is 0 Å². The second-order valence-electron chi connectivity index (χ2n) is 5.14. The van der Waals surface area contributed by atoms with Crippen molar-refractivity contribution >= 4 is 11.5 Å². The predicted octanol–water partition coefficient (Wildman–Crippen LogP) is 3.25. The number of anilines is 1. The lowest BCUT2D eigenvalue weighted by atomic mass is 10.0. The summed E-state index contributed by atoms with van der Waals surface area (Å²) < 4.78 is 1.84. The van der Waals surface area contributed by atoms with E-state index in [0.717, 1.165) is 18.0 Å². The third-order valence-corrected chi connectivity index (χ3v) is 3.48. The molecule has 0 spiro atoms. The highest BCUT2D eigenvalue weighted by Gasteiger charge is 2.07. The van der Waals surface area contributed by atoms with E-state index in [2.05, 4.69) is 59.6 Å². The number of fused-ring (bicyclic) bond motifs is 1. The number of rotatable bonds is 4. The number of nitrogens with one attached hydrogen (secondary N) is 1. The molecule has 0 saturated heterocycles. The van der Waals surface area contributed by atoms with Crippen LogP contribution in [-0.2, 0) is 0 Å². The molecule has 0 amide bonds. The van der Waals surface area contributed by atoms with Crippen molar-refractivity contribution in [2.75, 3.05) is 11.9 Å². The summed E-state index contributed by atoms with van der Waals surface area (Å²) in [4.78, 5) is 4.24. The van der Waals surface area contributed by atoms with E-state index >= 15 is 0 Å². The van der Waals surface area contributed by atoms with Crippen molar-refractivity contribution in [3.8, 4) is 0 Å². The van der Waals surface area contributed by atoms with Gasteiger partial charge in [0.05, 0.1) is 0 Å². The van der Waals surface area contributed by atoms with Gasteiger partial charge in [0, 0.05) is 6.54 Å². The second-order valence-corrected chi connectivity index (χ2v) is 5.14. The molecule has 1 aromatic carbocycles. The fraction of sp³-hybridized carbons (Fsp3) is 0.250. The number of hydrogen-bond donors (Lipinski definition) is 1. The summed E-state index contributed by atoms with van der Waals surface area (Å²) in [7, 11) is 0. The number of pyridine rings is 1. The summed E-state index contributed by atoms with van der Waals surface area (Å²) >= 11 is 0. The van der Waals surface area contributed by atoms with Crippen LogP contribution in [0.25, 0.3) is 5.65 Å². The largest absolute Gasteiger partial charge is 0.369 e. The molecule has 20 heavy (non-hydrogen) atoms. The lowest BCUT2D eigenvalue weighted by molar-refractivity contribution is 0.793. The Morgan fingerprint density at radius 1 is 1.20 bits per heavy atom.